The van der Waals surface area contributed by atoms with Crippen LogP contribution in [0.25, 0.3) is 0 Å². The zero-order valence-corrected chi connectivity index (χ0v) is 12.7. The van der Waals surface area contributed by atoms with Gasteiger partial charge in [-0.25, -0.2) is 0 Å². The first-order chi connectivity index (χ1) is 8.72. The fourth-order valence-electron chi connectivity index (χ4n) is 2.40. The molecule has 0 bridgehead atoms. The summed E-state index contributed by atoms with van der Waals surface area (Å²) in [6, 6.07) is 6.42. The molecule has 0 amide bonds. The molecule has 18 heavy (non-hydrogen) atoms. The molecule has 0 radical (unpaired) electrons. The quantitative estimate of drug-likeness (QED) is 0.849. The Labute approximate surface area is 122 Å². The lowest BCUT2D eigenvalue weighted by atomic mass is 10.0. The van der Waals surface area contributed by atoms with Gasteiger partial charge in [0.15, 0.2) is 0 Å². The third kappa shape index (κ3) is 3.35. The van der Waals surface area contributed by atoms with Gasteiger partial charge in [-0.2, -0.15) is 0 Å². The van der Waals surface area contributed by atoms with E-state index in [9.17, 15) is 0 Å². The number of piperazine rings is 1. The molecule has 1 saturated heterocycles. The van der Waals surface area contributed by atoms with Crippen molar-refractivity contribution in [1.29, 1.82) is 0 Å². The van der Waals surface area contributed by atoms with Gasteiger partial charge in [0.25, 0.3) is 0 Å². The number of hydrogen-bond donors (Lipinski definition) is 1. The molecule has 1 atom stereocenters. The molecular formula is C14H18BrClN2. The van der Waals surface area contributed by atoms with Gasteiger partial charge in [-0.1, -0.05) is 39.7 Å². The molecule has 0 aliphatic carbocycles. The second kappa shape index (κ2) is 6.71. The van der Waals surface area contributed by atoms with Crippen molar-refractivity contribution < 1.29 is 0 Å². The van der Waals surface area contributed by atoms with E-state index < -0.39 is 0 Å². The van der Waals surface area contributed by atoms with Gasteiger partial charge in [0, 0.05) is 41.7 Å². The number of nitrogens with one attached hydrogen (secondary N) is 1. The molecule has 2 rings (SSSR count). The normalized spacial score (nSPS) is 18.6. The van der Waals surface area contributed by atoms with Gasteiger partial charge in [0.1, 0.15) is 0 Å². The minimum atomic E-state index is 0.385. The van der Waals surface area contributed by atoms with E-state index in [2.05, 4.69) is 38.8 Å². The molecule has 0 spiro atoms. The summed E-state index contributed by atoms with van der Waals surface area (Å²) in [6.07, 6.45) is 2.95. The highest BCUT2D eigenvalue weighted by atomic mass is 79.9. The van der Waals surface area contributed by atoms with Crippen LogP contribution in [-0.4, -0.2) is 31.1 Å². The van der Waals surface area contributed by atoms with Crippen molar-refractivity contribution in [3.8, 4) is 0 Å². The van der Waals surface area contributed by atoms with E-state index in [1.165, 1.54) is 5.56 Å². The SMILES string of the molecule is C=CC[C@@H](c1ccc(Cl)cc1Br)N1CCNCC1. The summed E-state index contributed by atoms with van der Waals surface area (Å²) in [5, 5.41) is 4.15. The minimum Gasteiger partial charge on any atom is -0.314 e. The first-order valence-corrected chi connectivity index (χ1v) is 7.40. The van der Waals surface area contributed by atoms with Crippen LogP contribution in [0.1, 0.15) is 18.0 Å². The third-order valence-corrected chi connectivity index (χ3v) is 4.23. The van der Waals surface area contributed by atoms with Gasteiger partial charge >= 0.3 is 0 Å². The Morgan fingerprint density at radius 2 is 2.17 bits per heavy atom. The van der Waals surface area contributed by atoms with Crippen molar-refractivity contribution in [2.75, 3.05) is 26.2 Å². The number of nitrogens with zero attached hydrogens (tertiary/aromatic N) is 1. The summed E-state index contributed by atoms with van der Waals surface area (Å²) in [7, 11) is 0. The molecule has 0 aromatic heterocycles. The highest BCUT2D eigenvalue weighted by Crippen LogP contribution is 2.32. The molecule has 1 aliphatic heterocycles. The summed E-state index contributed by atoms with van der Waals surface area (Å²) >= 11 is 9.63. The molecule has 1 aromatic rings. The van der Waals surface area contributed by atoms with Gasteiger partial charge in [0.2, 0.25) is 0 Å². The van der Waals surface area contributed by atoms with Crippen molar-refractivity contribution in [3.63, 3.8) is 0 Å². The standard InChI is InChI=1S/C14H18BrClN2/c1-2-3-14(18-8-6-17-7-9-18)12-5-4-11(16)10-13(12)15/h2,4-5,10,14,17H,1,3,6-9H2/t14-/m0/s1. The third-order valence-electron chi connectivity index (χ3n) is 3.30. The van der Waals surface area contributed by atoms with Gasteiger partial charge in [-0.3, -0.25) is 4.90 Å². The first-order valence-electron chi connectivity index (χ1n) is 6.23. The lowest BCUT2D eigenvalue weighted by Gasteiger charge is -2.35. The first kappa shape index (κ1) is 14.1. The Bertz CT molecular complexity index is 416. The van der Waals surface area contributed by atoms with Gasteiger partial charge in [-0.05, 0) is 24.1 Å². The molecule has 98 valence electrons. The van der Waals surface area contributed by atoms with Crippen LogP contribution in [-0.2, 0) is 0 Å². The molecule has 1 aromatic carbocycles. The number of halogens is 2. The van der Waals surface area contributed by atoms with Crippen molar-refractivity contribution in [2.24, 2.45) is 0 Å². The van der Waals surface area contributed by atoms with Crippen molar-refractivity contribution in [2.45, 2.75) is 12.5 Å². The van der Waals surface area contributed by atoms with Crippen LogP contribution in [0.4, 0.5) is 0 Å². The number of rotatable bonds is 4. The van der Waals surface area contributed by atoms with Crippen LogP contribution in [0.5, 0.6) is 0 Å². The number of benzene rings is 1. The molecule has 4 heteroatoms. The van der Waals surface area contributed by atoms with Crippen LogP contribution in [0.15, 0.2) is 35.3 Å². The van der Waals surface area contributed by atoms with E-state index in [0.717, 1.165) is 42.1 Å². The summed E-state index contributed by atoms with van der Waals surface area (Å²) in [4.78, 5) is 2.51. The van der Waals surface area contributed by atoms with Crippen molar-refractivity contribution >= 4 is 27.5 Å². The van der Waals surface area contributed by atoms with Crippen LogP contribution < -0.4 is 5.32 Å². The second-order valence-electron chi connectivity index (χ2n) is 4.49. The molecule has 0 unspecified atom stereocenters. The average molecular weight is 330 g/mol. The van der Waals surface area contributed by atoms with Gasteiger partial charge < -0.3 is 5.32 Å². The second-order valence-corrected chi connectivity index (χ2v) is 5.78. The molecule has 1 heterocycles. The molecule has 1 aliphatic rings. The lowest BCUT2D eigenvalue weighted by Crippen LogP contribution is -2.45. The van der Waals surface area contributed by atoms with E-state index >= 15 is 0 Å². The highest BCUT2D eigenvalue weighted by Gasteiger charge is 2.22. The van der Waals surface area contributed by atoms with E-state index in [0.29, 0.717) is 6.04 Å². The Kier molecular flexibility index (Phi) is 5.25. The topological polar surface area (TPSA) is 15.3 Å². The number of hydrogen-bond acceptors (Lipinski definition) is 2. The molecule has 1 N–H and O–H groups in total. The Morgan fingerprint density at radius 3 is 2.78 bits per heavy atom. The molecule has 2 nitrogen and oxygen atoms in total. The maximum absolute atomic E-state index is 6.01. The van der Waals surface area contributed by atoms with Gasteiger partial charge in [-0.15, -0.1) is 6.58 Å². The molecule has 1 fully saturated rings. The largest absolute Gasteiger partial charge is 0.314 e. The predicted octanol–water partition coefficient (Wildman–Crippen LogP) is 3.62. The van der Waals surface area contributed by atoms with Crippen LogP contribution in [0.3, 0.4) is 0 Å². The smallest absolute Gasteiger partial charge is 0.0417 e. The fraction of sp³-hybridized carbons (Fsp3) is 0.429. The predicted molar refractivity (Wildman–Crippen MR) is 81.1 cm³/mol. The Balaban J connectivity index is 2.24. The summed E-state index contributed by atoms with van der Waals surface area (Å²) < 4.78 is 1.08. The van der Waals surface area contributed by atoms with Crippen molar-refractivity contribution in [1.82, 2.24) is 10.2 Å². The highest BCUT2D eigenvalue weighted by molar-refractivity contribution is 9.10. The maximum Gasteiger partial charge on any atom is 0.0417 e. The van der Waals surface area contributed by atoms with E-state index in [1.54, 1.807) is 0 Å². The summed E-state index contributed by atoms with van der Waals surface area (Å²) in [5.41, 5.74) is 1.29. The monoisotopic (exact) mass is 328 g/mol. The Morgan fingerprint density at radius 1 is 1.44 bits per heavy atom. The van der Waals surface area contributed by atoms with Crippen LogP contribution in [0, 0.1) is 0 Å². The zero-order chi connectivity index (χ0) is 13.0. The van der Waals surface area contributed by atoms with E-state index in [4.69, 9.17) is 11.6 Å². The maximum atomic E-state index is 6.01. The van der Waals surface area contributed by atoms with Crippen LogP contribution >= 0.6 is 27.5 Å². The minimum absolute atomic E-state index is 0.385. The average Bonchev–Trinajstić information content (AvgIpc) is 2.38. The zero-order valence-electron chi connectivity index (χ0n) is 10.3. The Hall–Kier alpha value is -0.350. The van der Waals surface area contributed by atoms with E-state index in [1.807, 2.05) is 18.2 Å². The summed E-state index contributed by atoms with van der Waals surface area (Å²) in [6.45, 7) is 8.15. The lowest BCUT2D eigenvalue weighted by molar-refractivity contribution is 0.174. The molecular weight excluding hydrogens is 312 g/mol. The van der Waals surface area contributed by atoms with Gasteiger partial charge in [0.05, 0.1) is 0 Å². The molecule has 0 saturated carbocycles. The summed E-state index contributed by atoms with van der Waals surface area (Å²) in [5.74, 6) is 0. The fourth-order valence-corrected chi connectivity index (χ4v) is 3.34. The van der Waals surface area contributed by atoms with Crippen LogP contribution in [0.2, 0.25) is 5.02 Å². The van der Waals surface area contributed by atoms with E-state index in [-0.39, 0.29) is 0 Å². The van der Waals surface area contributed by atoms with Crippen molar-refractivity contribution in [3.05, 3.63) is 45.9 Å².